The van der Waals surface area contributed by atoms with E-state index in [0.717, 1.165) is 18.5 Å². The summed E-state index contributed by atoms with van der Waals surface area (Å²) in [7, 11) is 0. The van der Waals surface area contributed by atoms with E-state index in [1.54, 1.807) is 6.92 Å². The molecule has 0 aliphatic rings. The van der Waals surface area contributed by atoms with Gasteiger partial charge >= 0.3 is 0 Å². The van der Waals surface area contributed by atoms with Crippen molar-refractivity contribution in [2.45, 2.75) is 31.5 Å². The van der Waals surface area contributed by atoms with Crippen molar-refractivity contribution in [1.29, 1.82) is 0 Å². The van der Waals surface area contributed by atoms with E-state index >= 15 is 0 Å². The van der Waals surface area contributed by atoms with Crippen LogP contribution in [0.3, 0.4) is 0 Å². The number of aromatic amines is 1. The molecule has 1 rings (SSSR count). The molecule has 0 fully saturated rings. The Balaban J connectivity index is 2.50. The molecule has 0 bridgehead atoms. The van der Waals surface area contributed by atoms with E-state index in [9.17, 15) is 9.59 Å². The van der Waals surface area contributed by atoms with Crippen molar-refractivity contribution in [1.82, 2.24) is 10.3 Å². The highest BCUT2D eigenvalue weighted by Crippen LogP contribution is 2.05. The first-order valence-electron chi connectivity index (χ1n) is 5.62. The van der Waals surface area contributed by atoms with Gasteiger partial charge in [-0.25, -0.2) is 0 Å². The van der Waals surface area contributed by atoms with Crippen LogP contribution in [0.15, 0.2) is 17.1 Å². The number of pyridine rings is 1. The zero-order valence-electron chi connectivity index (χ0n) is 10.0. The normalized spacial score (nSPS) is 12.2. The maximum atomic E-state index is 11.7. The third kappa shape index (κ3) is 4.73. The van der Waals surface area contributed by atoms with Gasteiger partial charge in [0.25, 0.3) is 5.91 Å². The van der Waals surface area contributed by atoms with E-state index in [2.05, 4.69) is 33.2 Å². The van der Waals surface area contributed by atoms with Crippen LogP contribution in [0.1, 0.15) is 35.8 Å². The molecule has 94 valence electrons. The molecule has 0 radical (unpaired) electrons. The van der Waals surface area contributed by atoms with Crippen LogP contribution >= 0.6 is 15.9 Å². The summed E-state index contributed by atoms with van der Waals surface area (Å²) in [5.74, 6) is -0.312. The van der Waals surface area contributed by atoms with Crippen molar-refractivity contribution in [2.75, 3.05) is 6.54 Å². The van der Waals surface area contributed by atoms with Crippen molar-refractivity contribution >= 4 is 21.8 Å². The van der Waals surface area contributed by atoms with Crippen LogP contribution in [0.2, 0.25) is 0 Å². The molecule has 1 amide bonds. The average Bonchev–Trinajstić information content (AvgIpc) is 2.23. The van der Waals surface area contributed by atoms with Gasteiger partial charge in [-0.3, -0.25) is 9.59 Å². The van der Waals surface area contributed by atoms with Gasteiger partial charge in [0.1, 0.15) is 5.56 Å². The van der Waals surface area contributed by atoms with Gasteiger partial charge in [0.2, 0.25) is 0 Å². The average molecular weight is 301 g/mol. The number of hydrogen-bond acceptors (Lipinski definition) is 2. The molecule has 0 aliphatic carbocycles. The summed E-state index contributed by atoms with van der Waals surface area (Å²) < 4.78 is 0. The fourth-order valence-corrected chi connectivity index (χ4v) is 1.75. The van der Waals surface area contributed by atoms with Crippen LogP contribution in [-0.2, 0) is 0 Å². The molecule has 0 spiro atoms. The highest BCUT2D eigenvalue weighted by molar-refractivity contribution is 9.09. The molecule has 1 atom stereocenters. The predicted molar refractivity (Wildman–Crippen MR) is 71.8 cm³/mol. The lowest BCUT2D eigenvalue weighted by molar-refractivity contribution is 0.0951. The van der Waals surface area contributed by atoms with Crippen LogP contribution in [0.4, 0.5) is 0 Å². The molecular formula is C12H17BrN2O2. The van der Waals surface area contributed by atoms with Crippen molar-refractivity contribution in [3.63, 3.8) is 0 Å². The largest absolute Gasteiger partial charge is 0.364 e. The zero-order valence-corrected chi connectivity index (χ0v) is 11.6. The minimum absolute atomic E-state index is 0.169. The molecule has 4 nitrogen and oxygen atoms in total. The van der Waals surface area contributed by atoms with E-state index in [-0.39, 0.29) is 16.9 Å². The molecule has 0 saturated heterocycles. The maximum Gasteiger partial charge on any atom is 0.256 e. The van der Waals surface area contributed by atoms with Crippen LogP contribution < -0.4 is 10.7 Å². The first-order chi connectivity index (χ1) is 8.00. The smallest absolute Gasteiger partial charge is 0.256 e. The number of alkyl halides is 1. The van der Waals surface area contributed by atoms with Gasteiger partial charge in [-0.05, 0) is 19.8 Å². The van der Waals surface area contributed by atoms with Gasteiger partial charge < -0.3 is 10.3 Å². The number of nitrogens with one attached hydrogen (secondary N) is 2. The number of aryl methyl sites for hydroxylation is 1. The lowest BCUT2D eigenvalue weighted by Crippen LogP contribution is -2.29. The molecule has 1 aromatic rings. The molecule has 0 saturated carbocycles. The second-order valence-corrected chi connectivity index (χ2v) is 5.64. The Kier molecular flexibility index (Phi) is 5.41. The van der Waals surface area contributed by atoms with Gasteiger partial charge in [0.05, 0.1) is 0 Å². The Morgan fingerprint density at radius 1 is 1.59 bits per heavy atom. The third-order valence-corrected chi connectivity index (χ3v) is 2.82. The van der Waals surface area contributed by atoms with E-state index in [4.69, 9.17) is 0 Å². The topological polar surface area (TPSA) is 62.0 Å². The highest BCUT2D eigenvalue weighted by Gasteiger charge is 2.09. The Bertz CT molecular complexity index is 440. The number of rotatable bonds is 5. The summed E-state index contributed by atoms with van der Waals surface area (Å²) in [6.45, 7) is 4.43. The fraction of sp³-hybridized carbons (Fsp3) is 0.500. The number of H-pyrrole nitrogens is 1. The molecule has 1 unspecified atom stereocenters. The predicted octanol–water partition coefficient (Wildman–Crippen LogP) is 1.98. The first kappa shape index (κ1) is 14.0. The second-order valence-electron chi connectivity index (χ2n) is 4.07. The number of carbonyl (C=O) groups excluding carboxylic acids is 1. The summed E-state index contributed by atoms with van der Waals surface area (Å²) >= 11 is 3.44. The van der Waals surface area contributed by atoms with Gasteiger partial charge in [-0.2, -0.15) is 0 Å². The molecule has 1 aromatic heterocycles. The van der Waals surface area contributed by atoms with Gasteiger partial charge in [0, 0.05) is 29.3 Å². The van der Waals surface area contributed by atoms with Gasteiger partial charge in [-0.15, -0.1) is 0 Å². The van der Waals surface area contributed by atoms with Gasteiger partial charge in [0.15, 0.2) is 5.43 Å². The van der Waals surface area contributed by atoms with Crippen molar-refractivity contribution < 1.29 is 4.79 Å². The van der Waals surface area contributed by atoms with E-state index in [1.165, 1.54) is 12.3 Å². The van der Waals surface area contributed by atoms with Crippen molar-refractivity contribution in [3.8, 4) is 0 Å². The Hall–Kier alpha value is -1.10. The Labute approximate surface area is 109 Å². The number of hydrogen-bond donors (Lipinski definition) is 2. The molecule has 0 aliphatic heterocycles. The van der Waals surface area contributed by atoms with E-state index in [1.807, 2.05) is 0 Å². The number of aromatic nitrogens is 1. The minimum Gasteiger partial charge on any atom is -0.364 e. The highest BCUT2D eigenvalue weighted by atomic mass is 79.9. The number of halogens is 1. The molecule has 0 aromatic carbocycles. The van der Waals surface area contributed by atoms with Crippen LogP contribution in [-0.4, -0.2) is 22.3 Å². The summed E-state index contributed by atoms with van der Waals surface area (Å²) in [6.07, 6.45) is 3.34. The molecule has 17 heavy (non-hydrogen) atoms. The molecule has 5 heteroatoms. The zero-order chi connectivity index (χ0) is 12.8. The molecule has 1 heterocycles. The van der Waals surface area contributed by atoms with Crippen LogP contribution in [0, 0.1) is 6.92 Å². The standard InChI is InChI=1S/C12H17BrN2O2/c1-8(13)4-3-5-14-12(17)10-7-15-9(2)6-11(10)16/h6-8H,3-5H2,1-2H3,(H,14,17)(H,15,16). The lowest BCUT2D eigenvalue weighted by atomic mass is 10.2. The van der Waals surface area contributed by atoms with Crippen molar-refractivity contribution in [2.24, 2.45) is 0 Å². The molecular weight excluding hydrogens is 284 g/mol. The van der Waals surface area contributed by atoms with Gasteiger partial charge in [-0.1, -0.05) is 22.9 Å². The number of amides is 1. The fourth-order valence-electron chi connectivity index (χ4n) is 1.43. The SMILES string of the molecule is Cc1cc(=O)c(C(=O)NCCCC(C)Br)c[nH]1. The maximum absolute atomic E-state index is 11.7. The number of carbonyl (C=O) groups is 1. The lowest BCUT2D eigenvalue weighted by Gasteiger charge is -2.06. The minimum atomic E-state index is -0.312. The van der Waals surface area contributed by atoms with Crippen LogP contribution in [0.5, 0.6) is 0 Å². The van der Waals surface area contributed by atoms with Crippen molar-refractivity contribution in [3.05, 3.63) is 33.7 Å². The molecule has 2 N–H and O–H groups in total. The summed E-state index contributed by atoms with van der Waals surface area (Å²) in [4.78, 5) is 26.5. The van der Waals surface area contributed by atoms with E-state index < -0.39 is 0 Å². The second kappa shape index (κ2) is 6.59. The first-order valence-corrected chi connectivity index (χ1v) is 6.54. The summed E-state index contributed by atoms with van der Waals surface area (Å²) in [5, 5.41) is 2.73. The third-order valence-electron chi connectivity index (χ3n) is 2.37. The summed E-state index contributed by atoms with van der Waals surface area (Å²) in [6, 6.07) is 1.43. The quantitative estimate of drug-likeness (QED) is 0.645. The Morgan fingerprint density at radius 3 is 2.88 bits per heavy atom. The Morgan fingerprint density at radius 2 is 2.29 bits per heavy atom. The van der Waals surface area contributed by atoms with Crippen LogP contribution in [0.25, 0.3) is 0 Å². The summed E-state index contributed by atoms with van der Waals surface area (Å²) in [5.41, 5.74) is 0.676. The monoisotopic (exact) mass is 300 g/mol. The van der Waals surface area contributed by atoms with E-state index in [0.29, 0.717) is 11.4 Å².